The van der Waals surface area contributed by atoms with Crippen LogP contribution in [0.25, 0.3) is 0 Å². The van der Waals surface area contributed by atoms with Crippen molar-refractivity contribution in [3.8, 4) is 0 Å². The highest BCUT2D eigenvalue weighted by Gasteiger charge is 1.91. The van der Waals surface area contributed by atoms with Gasteiger partial charge in [0.1, 0.15) is 0 Å². The fraction of sp³-hybridized carbons (Fsp3) is 0.700. The van der Waals surface area contributed by atoms with E-state index in [0.29, 0.717) is 6.42 Å². The fourth-order valence-corrected chi connectivity index (χ4v) is 0.993. The summed E-state index contributed by atoms with van der Waals surface area (Å²) in [4.78, 5) is 10.1. The first-order valence-electron chi connectivity index (χ1n) is 4.75. The van der Waals surface area contributed by atoms with Gasteiger partial charge in [0.2, 0.25) is 0 Å². The van der Waals surface area contributed by atoms with Gasteiger partial charge in [0.15, 0.2) is 0 Å². The molecule has 0 amide bonds. The molecule has 0 aromatic heterocycles. The quantitative estimate of drug-likeness (QED) is 0.450. The highest BCUT2D eigenvalue weighted by molar-refractivity contribution is 5.66. The van der Waals surface area contributed by atoms with E-state index in [4.69, 9.17) is 10.2 Å². The molecule has 0 aliphatic heterocycles. The van der Waals surface area contributed by atoms with Gasteiger partial charge in [0.05, 0.1) is 0 Å². The van der Waals surface area contributed by atoms with Gasteiger partial charge in [-0.1, -0.05) is 18.6 Å². The van der Waals surface area contributed by atoms with E-state index in [1.807, 2.05) is 12.2 Å². The molecule has 0 heterocycles. The monoisotopic (exact) mass is 186 g/mol. The zero-order valence-electron chi connectivity index (χ0n) is 7.91. The van der Waals surface area contributed by atoms with E-state index in [-0.39, 0.29) is 13.0 Å². The average molecular weight is 186 g/mol. The molecule has 3 nitrogen and oxygen atoms in total. The lowest BCUT2D eigenvalue weighted by molar-refractivity contribution is -0.136. The van der Waals surface area contributed by atoms with Gasteiger partial charge in [-0.05, 0) is 25.7 Å². The van der Waals surface area contributed by atoms with Crippen LogP contribution >= 0.6 is 0 Å². The molecule has 2 N–H and O–H groups in total. The molecular weight excluding hydrogens is 168 g/mol. The van der Waals surface area contributed by atoms with Crippen molar-refractivity contribution in [2.75, 3.05) is 6.61 Å². The molecule has 76 valence electrons. The average Bonchev–Trinajstić information content (AvgIpc) is 2.09. The molecule has 0 fully saturated rings. The van der Waals surface area contributed by atoms with Crippen LogP contribution in [0.1, 0.15) is 38.5 Å². The topological polar surface area (TPSA) is 57.5 Å². The lowest BCUT2D eigenvalue weighted by atomic mass is 10.2. The predicted octanol–water partition coefficient (Wildman–Crippen LogP) is 1.96. The Morgan fingerprint density at radius 3 is 2.38 bits per heavy atom. The summed E-state index contributed by atoms with van der Waals surface area (Å²) >= 11 is 0. The second-order valence-corrected chi connectivity index (χ2v) is 2.98. The first-order chi connectivity index (χ1) is 6.27. The number of unbranched alkanes of at least 4 members (excludes halogenated alkanes) is 3. The molecular formula is C10H18O3. The van der Waals surface area contributed by atoms with E-state index in [2.05, 4.69) is 0 Å². The number of carboxylic acids is 1. The van der Waals surface area contributed by atoms with E-state index < -0.39 is 5.97 Å². The Bertz CT molecular complexity index is 152. The van der Waals surface area contributed by atoms with Crippen molar-refractivity contribution in [2.45, 2.75) is 38.5 Å². The Kier molecular flexibility index (Phi) is 8.67. The molecule has 0 aromatic rings. The van der Waals surface area contributed by atoms with Gasteiger partial charge in [-0.15, -0.1) is 0 Å². The Morgan fingerprint density at radius 2 is 1.77 bits per heavy atom. The number of aliphatic carboxylic acids is 1. The van der Waals surface area contributed by atoms with Crippen LogP contribution in [0.3, 0.4) is 0 Å². The van der Waals surface area contributed by atoms with Crippen LogP contribution in [0, 0.1) is 0 Å². The van der Waals surface area contributed by atoms with Crippen LogP contribution in [0.5, 0.6) is 0 Å². The first kappa shape index (κ1) is 12.2. The van der Waals surface area contributed by atoms with Crippen LogP contribution in [0.2, 0.25) is 0 Å². The normalized spacial score (nSPS) is 10.8. The number of carboxylic acid groups (broad SMARTS) is 1. The summed E-state index contributed by atoms with van der Waals surface area (Å²) in [5.74, 6) is -0.745. The summed E-state index contributed by atoms with van der Waals surface area (Å²) in [6.45, 7) is 0.267. The Morgan fingerprint density at radius 1 is 1.08 bits per heavy atom. The van der Waals surface area contributed by atoms with Crippen molar-refractivity contribution in [3.05, 3.63) is 12.2 Å². The van der Waals surface area contributed by atoms with Gasteiger partial charge in [0, 0.05) is 13.0 Å². The Labute approximate surface area is 79.1 Å². The van der Waals surface area contributed by atoms with Gasteiger partial charge in [-0.3, -0.25) is 4.79 Å². The van der Waals surface area contributed by atoms with Crippen LogP contribution in [-0.4, -0.2) is 22.8 Å². The molecule has 13 heavy (non-hydrogen) atoms. The van der Waals surface area contributed by atoms with E-state index in [1.165, 1.54) is 0 Å². The van der Waals surface area contributed by atoms with E-state index in [1.54, 1.807) is 0 Å². The maximum Gasteiger partial charge on any atom is 0.303 e. The second kappa shape index (κ2) is 9.26. The summed E-state index contributed by atoms with van der Waals surface area (Å²) in [5.41, 5.74) is 0. The minimum Gasteiger partial charge on any atom is -0.481 e. The number of hydrogen-bond acceptors (Lipinski definition) is 2. The molecule has 0 saturated heterocycles. The molecule has 0 aliphatic rings. The van der Waals surface area contributed by atoms with Gasteiger partial charge in [0.25, 0.3) is 0 Å². The molecule has 0 bridgehead atoms. The number of aliphatic hydroxyl groups excluding tert-OH is 1. The smallest absolute Gasteiger partial charge is 0.303 e. The number of carbonyl (C=O) groups is 1. The molecule has 0 spiro atoms. The van der Waals surface area contributed by atoms with Gasteiger partial charge in [-0.2, -0.15) is 0 Å². The molecule has 0 saturated carbocycles. The van der Waals surface area contributed by atoms with Crippen molar-refractivity contribution in [1.29, 1.82) is 0 Å². The lowest BCUT2D eigenvalue weighted by Crippen LogP contribution is -1.91. The van der Waals surface area contributed by atoms with Gasteiger partial charge >= 0.3 is 5.97 Å². The third kappa shape index (κ3) is 11.2. The summed E-state index contributed by atoms with van der Waals surface area (Å²) in [6, 6.07) is 0. The molecule has 0 atom stereocenters. The Balaban J connectivity index is 3.08. The summed E-state index contributed by atoms with van der Waals surface area (Å²) in [7, 11) is 0. The minimum absolute atomic E-state index is 0.215. The lowest BCUT2D eigenvalue weighted by Gasteiger charge is -1.93. The van der Waals surface area contributed by atoms with Crippen LogP contribution in [-0.2, 0) is 4.79 Å². The number of allylic oxidation sites excluding steroid dienone is 2. The maximum absolute atomic E-state index is 10.1. The summed E-state index contributed by atoms with van der Waals surface area (Å²) in [5, 5.41) is 16.8. The highest BCUT2D eigenvalue weighted by atomic mass is 16.4. The number of aliphatic hydroxyl groups is 1. The second-order valence-electron chi connectivity index (χ2n) is 2.98. The number of hydrogen-bond donors (Lipinski definition) is 2. The highest BCUT2D eigenvalue weighted by Crippen LogP contribution is 2.01. The van der Waals surface area contributed by atoms with Crippen molar-refractivity contribution in [2.24, 2.45) is 0 Å². The first-order valence-corrected chi connectivity index (χ1v) is 4.75. The molecule has 0 unspecified atom stereocenters. The third-order valence-corrected chi connectivity index (χ3v) is 1.72. The summed E-state index contributed by atoms with van der Waals surface area (Å²) in [6.07, 6.45) is 8.72. The van der Waals surface area contributed by atoms with Crippen LogP contribution < -0.4 is 0 Å². The van der Waals surface area contributed by atoms with Gasteiger partial charge < -0.3 is 10.2 Å². The summed E-state index contributed by atoms with van der Waals surface area (Å²) < 4.78 is 0. The fourth-order valence-electron chi connectivity index (χ4n) is 0.993. The van der Waals surface area contributed by atoms with E-state index in [9.17, 15) is 4.79 Å². The predicted molar refractivity (Wildman–Crippen MR) is 51.6 cm³/mol. The van der Waals surface area contributed by atoms with Crippen LogP contribution in [0.4, 0.5) is 0 Å². The standard InChI is InChI=1S/C10H18O3/c11-9-7-5-3-1-2-4-6-8-10(12)13/h2,4,11H,1,3,5-9H2,(H,12,13)/b4-2+. The van der Waals surface area contributed by atoms with Crippen molar-refractivity contribution >= 4 is 5.97 Å². The molecule has 3 heteroatoms. The molecule has 0 aromatic carbocycles. The zero-order valence-corrected chi connectivity index (χ0v) is 7.91. The largest absolute Gasteiger partial charge is 0.481 e. The minimum atomic E-state index is -0.745. The van der Waals surface area contributed by atoms with Crippen molar-refractivity contribution in [3.63, 3.8) is 0 Å². The number of rotatable bonds is 8. The van der Waals surface area contributed by atoms with E-state index >= 15 is 0 Å². The van der Waals surface area contributed by atoms with E-state index in [0.717, 1.165) is 25.7 Å². The molecule has 0 aliphatic carbocycles. The third-order valence-electron chi connectivity index (χ3n) is 1.72. The van der Waals surface area contributed by atoms with Crippen molar-refractivity contribution in [1.82, 2.24) is 0 Å². The maximum atomic E-state index is 10.1. The van der Waals surface area contributed by atoms with Crippen LogP contribution in [0.15, 0.2) is 12.2 Å². The van der Waals surface area contributed by atoms with Gasteiger partial charge in [-0.25, -0.2) is 0 Å². The molecule has 0 rings (SSSR count). The molecule has 0 radical (unpaired) electrons. The SMILES string of the molecule is O=C(O)CC/C=C/CCCCCO. The zero-order chi connectivity index (χ0) is 9.94. The van der Waals surface area contributed by atoms with Crippen molar-refractivity contribution < 1.29 is 15.0 Å². The Hall–Kier alpha value is -0.830.